The quantitative estimate of drug-likeness (QED) is 0.908. The van der Waals surface area contributed by atoms with E-state index in [4.69, 9.17) is 14.2 Å². The molecule has 3 rings (SSSR count). The second-order valence-corrected chi connectivity index (χ2v) is 5.21. The fourth-order valence-electron chi connectivity index (χ4n) is 2.56. The van der Waals surface area contributed by atoms with Gasteiger partial charge in [-0.05, 0) is 31.0 Å². The molecule has 1 fully saturated rings. The van der Waals surface area contributed by atoms with Crippen molar-refractivity contribution >= 4 is 0 Å². The highest BCUT2D eigenvalue weighted by Gasteiger charge is 2.19. The highest BCUT2D eigenvalue weighted by atomic mass is 16.5. The van der Waals surface area contributed by atoms with Crippen LogP contribution < -0.4 is 14.8 Å². The molecule has 0 radical (unpaired) electrons. The summed E-state index contributed by atoms with van der Waals surface area (Å²) in [6, 6.07) is 6.98. The largest absolute Gasteiger partial charge is 0.490 e. The van der Waals surface area contributed by atoms with Crippen LogP contribution in [-0.4, -0.2) is 32.5 Å². The topological polar surface area (TPSA) is 39.7 Å². The molecule has 0 amide bonds. The maximum Gasteiger partial charge on any atom is 0.161 e. The van der Waals surface area contributed by atoms with E-state index in [0.717, 1.165) is 50.8 Å². The molecular weight excluding hydrogens is 242 g/mol. The lowest BCUT2D eigenvalue weighted by Gasteiger charge is -2.19. The van der Waals surface area contributed by atoms with E-state index in [2.05, 4.69) is 24.4 Å². The molecule has 104 valence electrons. The molecule has 0 aliphatic carbocycles. The number of nitrogens with one attached hydrogen (secondary N) is 1. The molecule has 2 heterocycles. The van der Waals surface area contributed by atoms with E-state index in [0.29, 0.717) is 12.1 Å². The van der Waals surface area contributed by atoms with Gasteiger partial charge in [-0.15, -0.1) is 0 Å². The Labute approximate surface area is 114 Å². The van der Waals surface area contributed by atoms with Crippen LogP contribution in [0.1, 0.15) is 31.4 Å². The molecule has 1 N–H and O–H groups in total. The second kappa shape index (κ2) is 5.80. The van der Waals surface area contributed by atoms with Crippen molar-refractivity contribution in [2.75, 3.05) is 26.4 Å². The summed E-state index contributed by atoms with van der Waals surface area (Å²) in [5.41, 5.74) is 1.23. The van der Waals surface area contributed by atoms with E-state index < -0.39 is 0 Å². The first-order valence-electron chi connectivity index (χ1n) is 7.06. The van der Waals surface area contributed by atoms with Crippen molar-refractivity contribution in [1.29, 1.82) is 0 Å². The highest BCUT2D eigenvalue weighted by Crippen LogP contribution is 2.32. The van der Waals surface area contributed by atoms with Crippen LogP contribution in [0.4, 0.5) is 0 Å². The molecule has 1 aromatic rings. The molecule has 1 saturated heterocycles. The molecule has 0 aromatic heterocycles. The van der Waals surface area contributed by atoms with E-state index in [-0.39, 0.29) is 0 Å². The van der Waals surface area contributed by atoms with Crippen LogP contribution in [0.3, 0.4) is 0 Å². The smallest absolute Gasteiger partial charge is 0.161 e. The van der Waals surface area contributed by atoms with E-state index >= 15 is 0 Å². The Bertz CT molecular complexity index is 429. The summed E-state index contributed by atoms with van der Waals surface area (Å²) >= 11 is 0. The fourth-order valence-corrected chi connectivity index (χ4v) is 2.56. The third-order valence-electron chi connectivity index (χ3n) is 3.69. The van der Waals surface area contributed by atoms with Gasteiger partial charge in [0, 0.05) is 25.1 Å². The van der Waals surface area contributed by atoms with Gasteiger partial charge in [-0.1, -0.05) is 6.07 Å². The molecule has 0 saturated carbocycles. The Morgan fingerprint density at radius 1 is 1.16 bits per heavy atom. The van der Waals surface area contributed by atoms with Crippen LogP contribution in [0.25, 0.3) is 0 Å². The van der Waals surface area contributed by atoms with E-state index in [9.17, 15) is 0 Å². The van der Waals surface area contributed by atoms with Crippen LogP contribution in [0, 0.1) is 0 Å². The maximum absolute atomic E-state index is 5.73. The molecule has 19 heavy (non-hydrogen) atoms. The van der Waals surface area contributed by atoms with E-state index in [1.165, 1.54) is 5.56 Å². The molecule has 2 unspecified atom stereocenters. The molecule has 2 aliphatic rings. The van der Waals surface area contributed by atoms with Gasteiger partial charge < -0.3 is 19.5 Å². The van der Waals surface area contributed by atoms with E-state index in [1.54, 1.807) is 0 Å². The summed E-state index contributed by atoms with van der Waals surface area (Å²) in [6.45, 7) is 5.33. The third-order valence-corrected chi connectivity index (χ3v) is 3.69. The predicted octanol–water partition coefficient (Wildman–Crippen LogP) is 2.29. The molecule has 2 atom stereocenters. The SMILES string of the molecule is CC(NC1CCOC1)c1ccc2c(c1)OCCCO2. The van der Waals surface area contributed by atoms with Gasteiger partial charge in [0.2, 0.25) is 0 Å². The number of ether oxygens (including phenoxy) is 3. The average molecular weight is 263 g/mol. The van der Waals surface area contributed by atoms with Crippen molar-refractivity contribution in [3.63, 3.8) is 0 Å². The van der Waals surface area contributed by atoms with Gasteiger partial charge in [-0.3, -0.25) is 0 Å². The lowest BCUT2D eigenvalue weighted by Crippen LogP contribution is -2.31. The summed E-state index contributed by atoms with van der Waals surface area (Å²) in [5, 5.41) is 3.60. The van der Waals surface area contributed by atoms with Crippen LogP contribution in [0.5, 0.6) is 11.5 Å². The average Bonchev–Trinajstić information content (AvgIpc) is 2.81. The highest BCUT2D eigenvalue weighted by molar-refractivity contribution is 5.44. The van der Waals surface area contributed by atoms with Crippen molar-refractivity contribution in [2.24, 2.45) is 0 Å². The summed E-state index contributed by atoms with van der Waals surface area (Å²) in [7, 11) is 0. The Balaban J connectivity index is 1.71. The Hall–Kier alpha value is -1.26. The zero-order chi connectivity index (χ0) is 13.1. The van der Waals surface area contributed by atoms with Gasteiger partial charge in [-0.2, -0.15) is 0 Å². The fraction of sp³-hybridized carbons (Fsp3) is 0.600. The van der Waals surface area contributed by atoms with Crippen molar-refractivity contribution in [2.45, 2.75) is 31.8 Å². The number of hydrogen-bond donors (Lipinski definition) is 1. The van der Waals surface area contributed by atoms with Crippen molar-refractivity contribution < 1.29 is 14.2 Å². The maximum atomic E-state index is 5.73. The van der Waals surface area contributed by atoms with Gasteiger partial charge in [0.05, 0.1) is 19.8 Å². The molecule has 4 heteroatoms. The number of benzene rings is 1. The van der Waals surface area contributed by atoms with Gasteiger partial charge in [0.1, 0.15) is 0 Å². The predicted molar refractivity (Wildman–Crippen MR) is 72.8 cm³/mol. The number of rotatable bonds is 3. The van der Waals surface area contributed by atoms with Crippen LogP contribution >= 0.6 is 0 Å². The van der Waals surface area contributed by atoms with Crippen LogP contribution in [-0.2, 0) is 4.74 Å². The summed E-state index contributed by atoms with van der Waals surface area (Å²) in [4.78, 5) is 0. The Morgan fingerprint density at radius 2 is 2.00 bits per heavy atom. The Morgan fingerprint density at radius 3 is 2.79 bits per heavy atom. The third kappa shape index (κ3) is 3.01. The number of hydrogen-bond acceptors (Lipinski definition) is 4. The summed E-state index contributed by atoms with van der Waals surface area (Å²) < 4.78 is 16.8. The van der Waals surface area contributed by atoms with Gasteiger partial charge in [0.25, 0.3) is 0 Å². The second-order valence-electron chi connectivity index (χ2n) is 5.21. The molecule has 1 aromatic carbocycles. The van der Waals surface area contributed by atoms with Crippen LogP contribution in [0.2, 0.25) is 0 Å². The van der Waals surface area contributed by atoms with Crippen molar-refractivity contribution in [3.05, 3.63) is 23.8 Å². The molecule has 4 nitrogen and oxygen atoms in total. The minimum Gasteiger partial charge on any atom is -0.490 e. The summed E-state index contributed by atoms with van der Waals surface area (Å²) in [5.74, 6) is 1.73. The standard InChI is InChI=1S/C15H21NO3/c1-11(16-13-5-8-17-10-13)12-3-4-14-15(9-12)19-7-2-6-18-14/h3-4,9,11,13,16H,2,5-8,10H2,1H3. The summed E-state index contributed by atoms with van der Waals surface area (Å²) in [6.07, 6.45) is 2.03. The van der Waals surface area contributed by atoms with Gasteiger partial charge in [-0.25, -0.2) is 0 Å². The monoisotopic (exact) mass is 263 g/mol. The molecule has 2 aliphatic heterocycles. The first kappa shape index (κ1) is 12.8. The zero-order valence-electron chi connectivity index (χ0n) is 11.4. The lowest BCUT2D eigenvalue weighted by atomic mass is 10.1. The van der Waals surface area contributed by atoms with Gasteiger partial charge in [0.15, 0.2) is 11.5 Å². The van der Waals surface area contributed by atoms with Gasteiger partial charge >= 0.3 is 0 Å². The zero-order valence-corrected chi connectivity index (χ0v) is 11.4. The first-order chi connectivity index (χ1) is 9.33. The lowest BCUT2D eigenvalue weighted by molar-refractivity contribution is 0.188. The minimum atomic E-state index is 0.295. The van der Waals surface area contributed by atoms with Crippen molar-refractivity contribution in [1.82, 2.24) is 5.32 Å². The normalized spacial score (nSPS) is 23.9. The Kier molecular flexibility index (Phi) is 3.89. The van der Waals surface area contributed by atoms with Crippen LogP contribution in [0.15, 0.2) is 18.2 Å². The first-order valence-corrected chi connectivity index (χ1v) is 7.06. The van der Waals surface area contributed by atoms with E-state index in [1.807, 2.05) is 6.07 Å². The number of fused-ring (bicyclic) bond motifs is 1. The molecular formula is C15H21NO3. The minimum absolute atomic E-state index is 0.295. The molecule has 0 spiro atoms. The van der Waals surface area contributed by atoms with Crippen molar-refractivity contribution in [3.8, 4) is 11.5 Å². The molecule has 0 bridgehead atoms.